The molecule has 0 radical (unpaired) electrons. The highest BCUT2D eigenvalue weighted by atomic mass is 16.3. The number of oxazole rings is 1. The summed E-state index contributed by atoms with van der Waals surface area (Å²) in [5.41, 5.74) is 2.06. The summed E-state index contributed by atoms with van der Waals surface area (Å²) >= 11 is 0. The average Bonchev–Trinajstić information content (AvgIpc) is 3.11. The molecule has 3 rings (SSSR count). The van der Waals surface area contributed by atoms with Gasteiger partial charge < -0.3 is 9.73 Å². The maximum Gasteiger partial charge on any atom is 0.277 e. The highest BCUT2D eigenvalue weighted by molar-refractivity contribution is 6.04. The van der Waals surface area contributed by atoms with Crippen LogP contribution < -0.4 is 5.32 Å². The molecule has 7 nitrogen and oxygen atoms in total. The second-order valence-corrected chi connectivity index (χ2v) is 3.70. The second kappa shape index (κ2) is 4.73. The number of H-pyrrole nitrogens is 1. The first-order valence-electron chi connectivity index (χ1n) is 5.49. The quantitative estimate of drug-likeness (QED) is 0.742. The molecule has 0 atom stereocenters. The molecule has 0 spiro atoms. The summed E-state index contributed by atoms with van der Waals surface area (Å²) in [5.74, 6) is -0.368. The molecule has 7 heteroatoms. The first kappa shape index (κ1) is 11.1. The van der Waals surface area contributed by atoms with Crippen molar-refractivity contribution in [3.8, 4) is 11.4 Å². The van der Waals surface area contributed by atoms with Gasteiger partial charge >= 0.3 is 0 Å². The van der Waals surface area contributed by atoms with Gasteiger partial charge in [-0.05, 0) is 12.1 Å². The molecular weight excluding hydrogens is 246 g/mol. The van der Waals surface area contributed by atoms with Crippen LogP contribution >= 0.6 is 0 Å². The van der Waals surface area contributed by atoms with Gasteiger partial charge in [0.2, 0.25) is 0 Å². The van der Waals surface area contributed by atoms with Gasteiger partial charge in [-0.1, -0.05) is 6.07 Å². The zero-order valence-electron chi connectivity index (χ0n) is 9.70. The van der Waals surface area contributed by atoms with E-state index in [9.17, 15) is 4.79 Å². The van der Waals surface area contributed by atoms with Crippen molar-refractivity contribution in [2.45, 2.75) is 0 Å². The Hall–Kier alpha value is -2.96. The number of aromatic amines is 1. The first-order chi connectivity index (χ1) is 9.34. The van der Waals surface area contributed by atoms with Crippen molar-refractivity contribution >= 4 is 11.6 Å². The molecule has 0 saturated heterocycles. The summed E-state index contributed by atoms with van der Waals surface area (Å²) in [6.07, 6.45) is 5.65. The fourth-order valence-electron chi connectivity index (χ4n) is 1.60. The molecule has 0 unspecified atom stereocenters. The number of pyridine rings is 1. The molecule has 0 aliphatic carbocycles. The third-order valence-corrected chi connectivity index (χ3v) is 2.47. The summed E-state index contributed by atoms with van der Waals surface area (Å²) in [6.45, 7) is 0. The minimum absolute atomic E-state index is 0.202. The maximum absolute atomic E-state index is 11.9. The van der Waals surface area contributed by atoms with Crippen molar-refractivity contribution in [3.63, 3.8) is 0 Å². The van der Waals surface area contributed by atoms with E-state index in [2.05, 4.69) is 25.5 Å². The lowest BCUT2D eigenvalue weighted by Gasteiger charge is -2.03. The third kappa shape index (κ3) is 2.21. The largest absolute Gasteiger partial charge is 0.451 e. The van der Waals surface area contributed by atoms with Crippen molar-refractivity contribution < 1.29 is 9.21 Å². The molecule has 0 aromatic carbocycles. The number of rotatable bonds is 3. The lowest BCUT2D eigenvalue weighted by atomic mass is 10.2. The fraction of sp³-hybridized carbons (Fsp3) is 0. The molecule has 2 N–H and O–H groups in total. The maximum atomic E-state index is 11.9. The Labute approximate surface area is 107 Å². The molecule has 0 saturated carbocycles. The lowest BCUT2D eigenvalue weighted by molar-refractivity contribution is 0.102. The number of hydrogen-bond acceptors (Lipinski definition) is 5. The highest BCUT2D eigenvalue weighted by Crippen LogP contribution is 2.23. The van der Waals surface area contributed by atoms with Crippen LogP contribution in [0.5, 0.6) is 0 Å². The molecule has 94 valence electrons. The van der Waals surface area contributed by atoms with E-state index in [0.29, 0.717) is 17.1 Å². The Kier molecular flexibility index (Phi) is 2.77. The van der Waals surface area contributed by atoms with Gasteiger partial charge in [0.15, 0.2) is 12.1 Å². The van der Waals surface area contributed by atoms with Gasteiger partial charge in [-0.25, -0.2) is 4.98 Å². The van der Waals surface area contributed by atoms with Crippen LogP contribution in [0.25, 0.3) is 11.4 Å². The topological polar surface area (TPSA) is 96.7 Å². The van der Waals surface area contributed by atoms with Crippen LogP contribution in [0.1, 0.15) is 10.5 Å². The Bertz CT molecular complexity index is 675. The van der Waals surface area contributed by atoms with Crippen LogP contribution in [0.15, 0.2) is 47.7 Å². The van der Waals surface area contributed by atoms with E-state index in [4.69, 9.17) is 4.42 Å². The summed E-state index contributed by atoms with van der Waals surface area (Å²) in [7, 11) is 0. The number of nitrogens with zero attached hydrogens (tertiary/aromatic N) is 3. The van der Waals surface area contributed by atoms with Gasteiger partial charge in [-0.2, -0.15) is 5.10 Å². The molecule has 3 heterocycles. The van der Waals surface area contributed by atoms with E-state index in [-0.39, 0.29) is 11.6 Å². The number of nitrogens with one attached hydrogen (secondary N) is 2. The van der Waals surface area contributed by atoms with Gasteiger partial charge in [-0.3, -0.25) is 14.9 Å². The van der Waals surface area contributed by atoms with Crippen LogP contribution in [0.4, 0.5) is 5.69 Å². The van der Waals surface area contributed by atoms with Crippen LogP contribution in [0.2, 0.25) is 0 Å². The van der Waals surface area contributed by atoms with Crippen molar-refractivity contribution in [3.05, 3.63) is 48.9 Å². The van der Waals surface area contributed by atoms with E-state index in [0.717, 1.165) is 0 Å². The van der Waals surface area contributed by atoms with Crippen molar-refractivity contribution in [1.29, 1.82) is 0 Å². The van der Waals surface area contributed by atoms with Crippen LogP contribution in [-0.4, -0.2) is 26.1 Å². The number of carbonyl (C=O) groups excluding carboxylic acids is 1. The normalized spacial score (nSPS) is 10.3. The van der Waals surface area contributed by atoms with Gasteiger partial charge in [0, 0.05) is 6.20 Å². The van der Waals surface area contributed by atoms with Crippen LogP contribution in [0, 0.1) is 0 Å². The molecule has 3 aromatic heterocycles. The van der Waals surface area contributed by atoms with E-state index >= 15 is 0 Å². The van der Waals surface area contributed by atoms with Crippen molar-refractivity contribution in [2.24, 2.45) is 0 Å². The molecule has 0 bridgehead atoms. The van der Waals surface area contributed by atoms with Gasteiger partial charge in [0.05, 0.1) is 17.6 Å². The molecule has 3 aromatic rings. The minimum atomic E-state index is -0.368. The summed E-state index contributed by atoms with van der Waals surface area (Å²) in [4.78, 5) is 19.8. The van der Waals surface area contributed by atoms with Crippen molar-refractivity contribution in [2.75, 3.05) is 5.32 Å². The summed E-state index contributed by atoms with van der Waals surface area (Å²) < 4.78 is 4.76. The monoisotopic (exact) mass is 255 g/mol. The van der Waals surface area contributed by atoms with E-state index in [1.165, 1.54) is 18.9 Å². The molecular formula is C12H9N5O2. The summed E-state index contributed by atoms with van der Waals surface area (Å²) in [6, 6.07) is 5.49. The highest BCUT2D eigenvalue weighted by Gasteiger charge is 2.14. The average molecular weight is 255 g/mol. The minimum Gasteiger partial charge on any atom is -0.451 e. The van der Waals surface area contributed by atoms with Gasteiger partial charge in [0.1, 0.15) is 12.0 Å². The Morgan fingerprint density at radius 2 is 2.26 bits per heavy atom. The third-order valence-electron chi connectivity index (χ3n) is 2.47. The predicted molar refractivity (Wildman–Crippen MR) is 66.3 cm³/mol. The van der Waals surface area contributed by atoms with Gasteiger partial charge in [-0.15, -0.1) is 0 Å². The zero-order valence-corrected chi connectivity index (χ0v) is 9.70. The number of hydrogen-bond donors (Lipinski definition) is 2. The predicted octanol–water partition coefficient (Wildman–Crippen LogP) is 1.71. The fourth-order valence-corrected chi connectivity index (χ4v) is 1.60. The molecule has 0 aliphatic rings. The standard InChI is InChI=1S/C12H9N5O2/c18-12(10-6-19-7-14-10)16-9-5-15-17-11(9)8-3-1-2-4-13-8/h1-7H,(H,15,17)(H,16,18). The molecule has 19 heavy (non-hydrogen) atoms. The van der Waals surface area contributed by atoms with E-state index in [1.807, 2.05) is 18.2 Å². The van der Waals surface area contributed by atoms with Crippen molar-refractivity contribution in [1.82, 2.24) is 20.2 Å². The smallest absolute Gasteiger partial charge is 0.277 e. The van der Waals surface area contributed by atoms with Gasteiger partial charge in [0.25, 0.3) is 5.91 Å². The zero-order chi connectivity index (χ0) is 13.1. The van der Waals surface area contributed by atoms with Crippen LogP contribution in [-0.2, 0) is 0 Å². The van der Waals surface area contributed by atoms with E-state index < -0.39 is 0 Å². The lowest BCUT2D eigenvalue weighted by Crippen LogP contribution is -2.12. The van der Waals surface area contributed by atoms with E-state index in [1.54, 1.807) is 6.20 Å². The Morgan fingerprint density at radius 1 is 1.32 bits per heavy atom. The SMILES string of the molecule is O=C(Nc1cn[nH]c1-c1ccccn1)c1cocn1. The second-order valence-electron chi connectivity index (χ2n) is 3.70. The van der Waals surface area contributed by atoms with Crippen LogP contribution in [0.3, 0.4) is 0 Å². The number of aromatic nitrogens is 4. The molecule has 1 amide bonds. The number of amides is 1. The number of anilines is 1. The summed E-state index contributed by atoms with van der Waals surface area (Å²) in [5, 5.41) is 9.41. The number of carbonyl (C=O) groups is 1. The molecule has 0 fully saturated rings. The first-order valence-corrected chi connectivity index (χ1v) is 5.49. The molecule has 0 aliphatic heterocycles. The Balaban J connectivity index is 1.87. The Morgan fingerprint density at radius 3 is 3.00 bits per heavy atom.